The van der Waals surface area contributed by atoms with E-state index in [-0.39, 0.29) is 17.1 Å². The fourth-order valence-corrected chi connectivity index (χ4v) is 4.05. The number of ether oxygens (including phenoxy) is 2. The molecule has 6 nitrogen and oxygen atoms in total. The SMILES string of the molecule is CCOc1ccc(C(=O)Nc2nc3c(s2)C(=O)CC(C)(C)C3)cc1OCC. The number of nitrogens with one attached hydrogen (secondary N) is 1. The fraction of sp³-hybridized carbons (Fsp3) is 0.450. The standard InChI is InChI=1S/C20H24N2O4S/c1-5-25-15-8-7-12(9-16(15)26-6-2)18(24)22-19-21-13-10-20(3,4)11-14(23)17(13)27-19/h7-9H,5-6,10-11H2,1-4H3,(H,21,22,24). The number of thiazole rings is 1. The first-order valence-electron chi connectivity index (χ1n) is 9.07. The zero-order valence-corrected chi connectivity index (χ0v) is 16.9. The normalized spacial score (nSPS) is 15.2. The lowest BCUT2D eigenvalue weighted by atomic mass is 9.78. The van der Waals surface area contributed by atoms with Crippen molar-refractivity contribution in [3.8, 4) is 11.5 Å². The van der Waals surface area contributed by atoms with Gasteiger partial charge in [0.2, 0.25) is 0 Å². The van der Waals surface area contributed by atoms with Crippen LogP contribution in [0.3, 0.4) is 0 Å². The van der Waals surface area contributed by atoms with Crippen LogP contribution in [-0.4, -0.2) is 29.9 Å². The maximum absolute atomic E-state index is 12.6. The summed E-state index contributed by atoms with van der Waals surface area (Å²) in [4.78, 5) is 30.1. The van der Waals surface area contributed by atoms with Crippen molar-refractivity contribution in [3.63, 3.8) is 0 Å². The number of amides is 1. The fourth-order valence-electron chi connectivity index (χ4n) is 3.14. The molecule has 1 N–H and O–H groups in total. The highest BCUT2D eigenvalue weighted by Gasteiger charge is 2.34. The van der Waals surface area contributed by atoms with E-state index in [4.69, 9.17) is 9.47 Å². The van der Waals surface area contributed by atoms with Crippen LogP contribution in [0.25, 0.3) is 0 Å². The van der Waals surface area contributed by atoms with Gasteiger partial charge in [-0.3, -0.25) is 14.9 Å². The number of Topliss-reactive ketones (excluding diaryl/α,β-unsaturated/α-hetero) is 1. The highest BCUT2D eigenvalue weighted by atomic mass is 32.1. The molecule has 0 saturated carbocycles. The first kappa shape index (κ1) is 19.4. The number of carbonyl (C=O) groups excluding carboxylic acids is 2. The molecule has 1 aliphatic carbocycles. The third-order valence-electron chi connectivity index (χ3n) is 4.26. The lowest BCUT2D eigenvalue weighted by Gasteiger charge is -2.26. The average Bonchev–Trinajstić information content (AvgIpc) is 2.98. The van der Waals surface area contributed by atoms with E-state index in [2.05, 4.69) is 24.1 Å². The molecular formula is C20H24N2O4S. The zero-order valence-electron chi connectivity index (χ0n) is 16.0. The molecule has 0 radical (unpaired) electrons. The van der Waals surface area contributed by atoms with Gasteiger partial charge in [-0.05, 0) is 43.9 Å². The summed E-state index contributed by atoms with van der Waals surface area (Å²) in [6.45, 7) is 8.87. The van der Waals surface area contributed by atoms with Gasteiger partial charge in [-0.25, -0.2) is 4.98 Å². The molecule has 1 heterocycles. The summed E-state index contributed by atoms with van der Waals surface area (Å²) in [5, 5.41) is 3.25. The molecule has 0 unspecified atom stereocenters. The number of carbonyl (C=O) groups is 2. The van der Waals surface area contributed by atoms with Crippen molar-refractivity contribution in [1.29, 1.82) is 0 Å². The molecule has 27 heavy (non-hydrogen) atoms. The first-order valence-corrected chi connectivity index (χ1v) is 9.88. The zero-order chi connectivity index (χ0) is 19.6. The molecule has 0 fully saturated rings. The van der Waals surface area contributed by atoms with Crippen LogP contribution < -0.4 is 14.8 Å². The highest BCUT2D eigenvalue weighted by molar-refractivity contribution is 7.17. The van der Waals surface area contributed by atoms with Gasteiger partial charge in [-0.15, -0.1) is 0 Å². The maximum atomic E-state index is 12.6. The molecule has 1 aliphatic rings. The van der Waals surface area contributed by atoms with Crippen molar-refractivity contribution in [2.24, 2.45) is 5.41 Å². The Morgan fingerprint density at radius 3 is 2.59 bits per heavy atom. The highest BCUT2D eigenvalue weighted by Crippen LogP contribution is 2.38. The summed E-state index contributed by atoms with van der Waals surface area (Å²) in [7, 11) is 0. The van der Waals surface area contributed by atoms with Crippen molar-refractivity contribution in [2.45, 2.75) is 40.5 Å². The number of hydrogen-bond acceptors (Lipinski definition) is 6. The molecule has 0 saturated heterocycles. The Kier molecular flexibility index (Phi) is 5.51. The van der Waals surface area contributed by atoms with Crippen molar-refractivity contribution < 1.29 is 19.1 Å². The molecule has 1 aromatic heterocycles. The van der Waals surface area contributed by atoms with Gasteiger partial charge < -0.3 is 9.47 Å². The number of fused-ring (bicyclic) bond motifs is 1. The van der Waals surface area contributed by atoms with Crippen molar-refractivity contribution in [1.82, 2.24) is 4.98 Å². The smallest absolute Gasteiger partial charge is 0.257 e. The van der Waals surface area contributed by atoms with E-state index in [9.17, 15) is 9.59 Å². The van der Waals surface area contributed by atoms with Gasteiger partial charge in [0.1, 0.15) is 0 Å². The summed E-state index contributed by atoms with van der Waals surface area (Å²) in [5.74, 6) is 0.937. The lowest BCUT2D eigenvalue weighted by molar-refractivity contribution is 0.0915. The van der Waals surface area contributed by atoms with Crippen LogP contribution in [-0.2, 0) is 6.42 Å². The molecule has 0 bridgehead atoms. The molecule has 3 rings (SSSR count). The van der Waals surface area contributed by atoms with Gasteiger partial charge in [-0.2, -0.15) is 0 Å². The molecule has 0 atom stereocenters. The van der Waals surface area contributed by atoms with Crippen LogP contribution in [0.2, 0.25) is 0 Å². The quantitative estimate of drug-likeness (QED) is 0.796. The minimum atomic E-state index is -0.295. The van der Waals surface area contributed by atoms with E-state index in [0.717, 1.165) is 12.1 Å². The summed E-state index contributed by atoms with van der Waals surface area (Å²) in [5.41, 5.74) is 1.13. The Morgan fingerprint density at radius 2 is 1.89 bits per heavy atom. The van der Waals surface area contributed by atoms with E-state index in [1.165, 1.54) is 11.3 Å². The second-order valence-corrected chi connectivity index (χ2v) is 8.22. The van der Waals surface area contributed by atoms with E-state index >= 15 is 0 Å². The molecule has 0 aliphatic heterocycles. The van der Waals surface area contributed by atoms with Gasteiger partial charge in [0.05, 0.1) is 23.8 Å². The monoisotopic (exact) mass is 388 g/mol. The third-order valence-corrected chi connectivity index (χ3v) is 5.32. The predicted molar refractivity (Wildman–Crippen MR) is 105 cm³/mol. The van der Waals surface area contributed by atoms with Crippen molar-refractivity contribution in [3.05, 3.63) is 34.3 Å². The predicted octanol–water partition coefficient (Wildman–Crippen LogP) is 4.35. The number of nitrogens with zero attached hydrogens (tertiary/aromatic N) is 1. The second kappa shape index (κ2) is 7.68. The molecular weight excluding hydrogens is 364 g/mol. The Bertz CT molecular complexity index is 873. The minimum Gasteiger partial charge on any atom is -0.490 e. The number of ketones is 1. The van der Waals surface area contributed by atoms with Crippen LogP contribution >= 0.6 is 11.3 Å². The average molecular weight is 388 g/mol. The van der Waals surface area contributed by atoms with Crippen LogP contribution in [0.4, 0.5) is 5.13 Å². The topological polar surface area (TPSA) is 77.5 Å². The Hall–Kier alpha value is -2.41. The number of rotatable bonds is 6. The molecule has 1 amide bonds. The van der Waals surface area contributed by atoms with Crippen LogP contribution in [0.5, 0.6) is 11.5 Å². The Balaban J connectivity index is 1.80. The summed E-state index contributed by atoms with van der Waals surface area (Å²) >= 11 is 1.24. The van der Waals surface area contributed by atoms with Crippen LogP contribution in [0.15, 0.2) is 18.2 Å². The summed E-state index contributed by atoms with van der Waals surface area (Å²) < 4.78 is 11.1. The number of anilines is 1. The molecule has 7 heteroatoms. The third kappa shape index (κ3) is 4.30. The lowest BCUT2D eigenvalue weighted by Crippen LogP contribution is -2.26. The van der Waals surface area contributed by atoms with Gasteiger partial charge in [-0.1, -0.05) is 25.2 Å². The number of hydrogen-bond donors (Lipinski definition) is 1. The molecule has 144 valence electrons. The van der Waals surface area contributed by atoms with Gasteiger partial charge in [0.25, 0.3) is 5.91 Å². The first-order chi connectivity index (χ1) is 12.8. The Labute approximate surface area is 162 Å². The minimum absolute atomic E-state index is 0.0962. The van der Waals surface area contributed by atoms with E-state index in [0.29, 0.717) is 46.7 Å². The van der Waals surface area contributed by atoms with Crippen molar-refractivity contribution >= 4 is 28.2 Å². The molecule has 1 aromatic carbocycles. The van der Waals surface area contributed by atoms with Crippen molar-refractivity contribution in [2.75, 3.05) is 18.5 Å². The molecule has 0 spiro atoms. The Morgan fingerprint density at radius 1 is 1.19 bits per heavy atom. The van der Waals surface area contributed by atoms with Gasteiger partial charge >= 0.3 is 0 Å². The van der Waals surface area contributed by atoms with E-state index < -0.39 is 0 Å². The summed E-state index contributed by atoms with van der Waals surface area (Å²) in [6.07, 6.45) is 1.24. The van der Waals surface area contributed by atoms with E-state index in [1.54, 1.807) is 18.2 Å². The van der Waals surface area contributed by atoms with Gasteiger partial charge in [0.15, 0.2) is 22.4 Å². The number of aromatic nitrogens is 1. The summed E-state index contributed by atoms with van der Waals surface area (Å²) in [6, 6.07) is 5.07. The van der Waals surface area contributed by atoms with Crippen LogP contribution in [0.1, 0.15) is 59.8 Å². The second-order valence-electron chi connectivity index (χ2n) is 7.22. The molecule has 2 aromatic rings. The van der Waals surface area contributed by atoms with Gasteiger partial charge in [0, 0.05) is 12.0 Å². The number of benzene rings is 1. The maximum Gasteiger partial charge on any atom is 0.257 e. The van der Waals surface area contributed by atoms with E-state index in [1.807, 2.05) is 13.8 Å². The van der Waals surface area contributed by atoms with Crippen LogP contribution in [0, 0.1) is 5.41 Å². The largest absolute Gasteiger partial charge is 0.490 e.